The topological polar surface area (TPSA) is 83.4 Å². The molecule has 8 heteroatoms. The van der Waals surface area contributed by atoms with E-state index >= 15 is 0 Å². The molecular formula is C19H21N5O2S. The third-order valence-electron chi connectivity index (χ3n) is 4.36. The number of thiazole rings is 1. The molecule has 1 aliphatic rings. The standard InChI is InChI=1S/C19H21N5O2S/c1-13-18(27-17(12-25)21-13)16-6-7-20-19(23-16)22-14-2-4-15(5-3-14)24-8-10-26-11-9-24/h2-7,25H,8-12H2,1H3,(H,20,22,23). The van der Waals surface area contributed by atoms with Crippen LogP contribution in [0.2, 0.25) is 0 Å². The zero-order valence-corrected chi connectivity index (χ0v) is 15.9. The normalized spacial score (nSPS) is 14.4. The number of hydrogen-bond acceptors (Lipinski definition) is 8. The Morgan fingerprint density at radius 3 is 2.63 bits per heavy atom. The smallest absolute Gasteiger partial charge is 0.227 e. The summed E-state index contributed by atoms with van der Waals surface area (Å²) < 4.78 is 5.40. The number of rotatable bonds is 5. The van der Waals surface area contributed by atoms with E-state index in [1.165, 1.54) is 17.0 Å². The Morgan fingerprint density at radius 1 is 1.15 bits per heavy atom. The van der Waals surface area contributed by atoms with Gasteiger partial charge in [0.2, 0.25) is 5.95 Å². The van der Waals surface area contributed by atoms with Crippen LogP contribution in [0.25, 0.3) is 10.6 Å². The van der Waals surface area contributed by atoms with Gasteiger partial charge in [0.1, 0.15) is 5.01 Å². The number of aryl methyl sites for hydroxylation is 1. The van der Waals surface area contributed by atoms with Crippen molar-refractivity contribution in [1.29, 1.82) is 0 Å². The highest BCUT2D eigenvalue weighted by atomic mass is 32.1. The Labute approximate surface area is 161 Å². The Bertz CT molecular complexity index is 907. The number of nitrogens with one attached hydrogen (secondary N) is 1. The minimum atomic E-state index is -0.0583. The van der Waals surface area contributed by atoms with Gasteiger partial charge in [0.05, 0.1) is 36.1 Å². The Balaban J connectivity index is 1.50. The van der Waals surface area contributed by atoms with Gasteiger partial charge in [0, 0.05) is 30.7 Å². The van der Waals surface area contributed by atoms with E-state index in [0.717, 1.165) is 48.3 Å². The number of hydrogen-bond donors (Lipinski definition) is 2. The third kappa shape index (κ3) is 4.08. The number of nitrogens with zero attached hydrogens (tertiary/aromatic N) is 4. The van der Waals surface area contributed by atoms with Gasteiger partial charge in [0.15, 0.2) is 0 Å². The van der Waals surface area contributed by atoms with Gasteiger partial charge in [-0.05, 0) is 37.3 Å². The van der Waals surface area contributed by atoms with Crippen LogP contribution in [0.15, 0.2) is 36.5 Å². The third-order valence-corrected chi connectivity index (χ3v) is 5.53. The highest BCUT2D eigenvalue weighted by molar-refractivity contribution is 7.15. The van der Waals surface area contributed by atoms with E-state index in [1.54, 1.807) is 6.20 Å². The van der Waals surface area contributed by atoms with E-state index in [9.17, 15) is 5.11 Å². The summed E-state index contributed by atoms with van der Waals surface area (Å²) in [5, 5.41) is 13.2. The fourth-order valence-corrected chi connectivity index (χ4v) is 3.90. The summed E-state index contributed by atoms with van der Waals surface area (Å²) >= 11 is 1.45. The van der Waals surface area contributed by atoms with Crippen LogP contribution in [-0.2, 0) is 11.3 Å². The monoisotopic (exact) mass is 383 g/mol. The van der Waals surface area contributed by atoms with E-state index in [2.05, 4.69) is 37.3 Å². The number of benzene rings is 1. The molecule has 0 spiro atoms. The van der Waals surface area contributed by atoms with Crippen LogP contribution >= 0.6 is 11.3 Å². The summed E-state index contributed by atoms with van der Waals surface area (Å²) in [5.74, 6) is 0.532. The minimum Gasteiger partial charge on any atom is -0.389 e. The van der Waals surface area contributed by atoms with Crippen LogP contribution in [-0.4, -0.2) is 46.4 Å². The predicted octanol–water partition coefficient (Wildman–Crippen LogP) is 2.98. The van der Waals surface area contributed by atoms with Gasteiger partial charge in [-0.15, -0.1) is 11.3 Å². The maximum Gasteiger partial charge on any atom is 0.227 e. The van der Waals surface area contributed by atoms with Gasteiger partial charge in [-0.1, -0.05) is 0 Å². The number of anilines is 3. The van der Waals surface area contributed by atoms with Crippen molar-refractivity contribution >= 4 is 28.7 Å². The molecular weight excluding hydrogens is 362 g/mol. The minimum absolute atomic E-state index is 0.0583. The van der Waals surface area contributed by atoms with Gasteiger partial charge in [-0.25, -0.2) is 15.0 Å². The van der Waals surface area contributed by atoms with Gasteiger partial charge < -0.3 is 20.1 Å². The summed E-state index contributed by atoms with van der Waals surface area (Å²) in [6.45, 7) is 5.25. The molecule has 1 saturated heterocycles. The zero-order valence-electron chi connectivity index (χ0n) is 15.1. The summed E-state index contributed by atoms with van der Waals surface area (Å²) in [7, 11) is 0. The molecule has 7 nitrogen and oxygen atoms in total. The maximum absolute atomic E-state index is 9.28. The lowest BCUT2D eigenvalue weighted by atomic mass is 10.2. The summed E-state index contributed by atoms with van der Waals surface area (Å²) in [6.07, 6.45) is 1.73. The van der Waals surface area contributed by atoms with E-state index < -0.39 is 0 Å². The summed E-state index contributed by atoms with van der Waals surface area (Å²) in [5.41, 5.74) is 3.78. The van der Waals surface area contributed by atoms with Crippen LogP contribution in [0.5, 0.6) is 0 Å². The lowest BCUT2D eigenvalue weighted by Gasteiger charge is -2.28. The molecule has 27 heavy (non-hydrogen) atoms. The van der Waals surface area contributed by atoms with Gasteiger partial charge >= 0.3 is 0 Å². The van der Waals surface area contributed by atoms with Crippen LogP contribution in [0.4, 0.5) is 17.3 Å². The molecule has 0 aliphatic carbocycles. The molecule has 0 bridgehead atoms. The molecule has 1 aliphatic heterocycles. The van der Waals surface area contributed by atoms with Gasteiger partial charge in [-0.2, -0.15) is 0 Å². The first-order valence-corrected chi connectivity index (χ1v) is 9.65. The predicted molar refractivity (Wildman–Crippen MR) is 107 cm³/mol. The maximum atomic E-state index is 9.28. The Hall–Kier alpha value is -2.55. The zero-order chi connectivity index (χ0) is 18.6. The van der Waals surface area contributed by atoms with Crippen molar-refractivity contribution < 1.29 is 9.84 Å². The second-order valence-electron chi connectivity index (χ2n) is 6.22. The van der Waals surface area contributed by atoms with Crippen molar-refractivity contribution in [3.63, 3.8) is 0 Å². The largest absolute Gasteiger partial charge is 0.389 e. The average Bonchev–Trinajstić information content (AvgIpc) is 3.10. The number of aliphatic hydroxyl groups is 1. The highest BCUT2D eigenvalue weighted by Gasteiger charge is 2.13. The Morgan fingerprint density at radius 2 is 1.93 bits per heavy atom. The number of morpholine rings is 1. The first kappa shape index (κ1) is 17.8. The fraction of sp³-hybridized carbons (Fsp3) is 0.316. The first-order chi connectivity index (χ1) is 13.2. The molecule has 0 unspecified atom stereocenters. The van der Waals surface area contributed by atoms with E-state index in [0.29, 0.717) is 11.0 Å². The quantitative estimate of drug-likeness (QED) is 0.701. The van der Waals surface area contributed by atoms with Crippen molar-refractivity contribution in [1.82, 2.24) is 15.0 Å². The molecule has 0 radical (unpaired) electrons. The molecule has 1 fully saturated rings. The molecule has 2 N–H and O–H groups in total. The fourth-order valence-electron chi connectivity index (χ4n) is 3.01. The van der Waals surface area contributed by atoms with Crippen molar-refractivity contribution in [3.05, 3.63) is 47.2 Å². The van der Waals surface area contributed by atoms with E-state index in [4.69, 9.17) is 4.74 Å². The van der Waals surface area contributed by atoms with E-state index in [1.807, 2.05) is 25.1 Å². The van der Waals surface area contributed by atoms with Crippen LogP contribution in [0, 0.1) is 6.92 Å². The molecule has 3 aromatic rings. The molecule has 2 aromatic heterocycles. The van der Waals surface area contributed by atoms with Crippen LogP contribution in [0.3, 0.4) is 0 Å². The summed E-state index contributed by atoms with van der Waals surface area (Å²) in [4.78, 5) is 16.5. The molecule has 4 rings (SSSR count). The molecule has 1 aromatic carbocycles. The average molecular weight is 383 g/mol. The van der Waals surface area contributed by atoms with Gasteiger partial charge in [0.25, 0.3) is 0 Å². The lowest BCUT2D eigenvalue weighted by molar-refractivity contribution is 0.122. The second kappa shape index (κ2) is 7.99. The van der Waals surface area contributed by atoms with Crippen molar-refractivity contribution in [2.24, 2.45) is 0 Å². The second-order valence-corrected chi connectivity index (χ2v) is 7.30. The van der Waals surface area contributed by atoms with Crippen molar-refractivity contribution in [3.8, 4) is 10.6 Å². The number of aliphatic hydroxyl groups excluding tert-OH is 1. The molecule has 0 saturated carbocycles. The number of aromatic nitrogens is 3. The SMILES string of the molecule is Cc1nc(CO)sc1-c1ccnc(Nc2ccc(N3CCOCC3)cc2)n1. The molecule has 0 amide bonds. The van der Waals surface area contributed by atoms with Crippen LogP contribution < -0.4 is 10.2 Å². The van der Waals surface area contributed by atoms with Crippen molar-refractivity contribution in [2.75, 3.05) is 36.5 Å². The molecule has 0 atom stereocenters. The van der Waals surface area contributed by atoms with Crippen molar-refractivity contribution in [2.45, 2.75) is 13.5 Å². The van der Waals surface area contributed by atoms with E-state index in [-0.39, 0.29) is 6.61 Å². The Kier molecular flexibility index (Phi) is 5.28. The lowest BCUT2D eigenvalue weighted by Crippen LogP contribution is -2.36. The molecule has 140 valence electrons. The molecule has 3 heterocycles. The van der Waals surface area contributed by atoms with Gasteiger partial charge in [-0.3, -0.25) is 0 Å². The highest BCUT2D eigenvalue weighted by Crippen LogP contribution is 2.29. The van der Waals surface area contributed by atoms with Crippen LogP contribution in [0.1, 0.15) is 10.7 Å². The number of ether oxygens (including phenoxy) is 1. The summed E-state index contributed by atoms with van der Waals surface area (Å²) in [6, 6.07) is 10.1. The first-order valence-electron chi connectivity index (χ1n) is 8.83.